The number of aliphatic hydroxyl groups is 2. The number of furan rings is 2. The SMILES string of the molecule is Cc1c(C=C2C(=O)C(C=C3Oc4cc5c(cc4N3C)SC(=CC3=C(O)C(=Cc4oc6ccccc6c4C)C3=O)N5C)=C2O)oc2ccccc12. The molecule has 246 valence electrons. The quantitative estimate of drug-likeness (QED) is 0.178. The number of aliphatic hydroxyl groups excluding tert-OH is 2. The number of carbonyl (C=O) groups excluding carboxylic acids is 2. The molecule has 0 fully saturated rings. The van der Waals surface area contributed by atoms with Gasteiger partial charge in [0, 0.05) is 53.0 Å². The predicted molar refractivity (Wildman–Crippen MR) is 193 cm³/mol. The molecule has 0 radical (unpaired) electrons. The number of thioether (sulfide) groups is 1. The minimum Gasteiger partial charge on any atom is -0.506 e. The van der Waals surface area contributed by atoms with E-state index in [0.29, 0.717) is 23.2 Å². The number of carbonyl (C=O) groups is 2. The fourth-order valence-electron chi connectivity index (χ4n) is 6.67. The van der Waals surface area contributed by atoms with Gasteiger partial charge >= 0.3 is 0 Å². The topological polar surface area (TPSA) is 117 Å². The Morgan fingerprint density at radius 2 is 1.22 bits per heavy atom. The van der Waals surface area contributed by atoms with Gasteiger partial charge in [0.05, 0.1) is 38.7 Å². The van der Waals surface area contributed by atoms with Crippen molar-refractivity contribution in [1.82, 2.24) is 0 Å². The smallest absolute Gasteiger partial charge is 0.201 e. The summed E-state index contributed by atoms with van der Waals surface area (Å²) in [7, 11) is 3.71. The molecule has 0 saturated carbocycles. The van der Waals surface area contributed by atoms with E-state index in [1.165, 1.54) is 11.8 Å². The maximum absolute atomic E-state index is 13.2. The van der Waals surface area contributed by atoms with Crippen molar-refractivity contribution >= 4 is 68.8 Å². The van der Waals surface area contributed by atoms with E-state index in [4.69, 9.17) is 13.6 Å². The fourth-order valence-corrected chi connectivity index (χ4v) is 7.78. The summed E-state index contributed by atoms with van der Waals surface area (Å²) in [6.45, 7) is 3.85. The maximum atomic E-state index is 13.2. The second-order valence-corrected chi connectivity index (χ2v) is 13.6. The molecule has 10 heteroatoms. The van der Waals surface area contributed by atoms with Gasteiger partial charge in [-0.1, -0.05) is 48.2 Å². The van der Waals surface area contributed by atoms with Gasteiger partial charge < -0.3 is 33.6 Å². The van der Waals surface area contributed by atoms with E-state index in [1.807, 2.05) is 98.4 Å². The molecule has 9 rings (SSSR count). The number of ketones is 2. The first-order chi connectivity index (χ1) is 24.1. The Labute approximate surface area is 290 Å². The number of allylic oxidation sites excluding steroid dienone is 6. The molecule has 2 aliphatic heterocycles. The Hall–Kier alpha value is -6.13. The van der Waals surface area contributed by atoms with Crippen LogP contribution in [0.5, 0.6) is 5.75 Å². The average molecular weight is 681 g/mol. The standard InChI is InChI=1S/C40H28N2O7S/c1-19-21-9-5-7-11-29(21)47-31(19)13-23-37(43)25(38(23)44)15-35-41(3)27-18-34-28(17-33(27)49-35)42(4)36(50-34)16-26-39(45)24(40(26)46)14-32-20(2)22-10-6-8-12-30(22)48-32/h5-18,43,45H,1-4H3. The Balaban J connectivity index is 0.953. The number of hydrogen-bond donors (Lipinski definition) is 2. The molecule has 4 heterocycles. The number of hydrogen-bond acceptors (Lipinski definition) is 10. The van der Waals surface area contributed by atoms with Crippen LogP contribution in [-0.4, -0.2) is 35.9 Å². The molecule has 0 saturated heterocycles. The molecule has 3 aromatic carbocycles. The van der Waals surface area contributed by atoms with Crippen molar-refractivity contribution in [1.29, 1.82) is 0 Å². The average Bonchev–Trinajstić information content (AvgIpc) is 3.83. The summed E-state index contributed by atoms with van der Waals surface area (Å²) in [4.78, 5) is 31.0. The molecule has 0 unspecified atom stereocenters. The summed E-state index contributed by atoms with van der Waals surface area (Å²) in [6.07, 6.45) is 6.42. The van der Waals surface area contributed by atoms with Crippen LogP contribution in [0.1, 0.15) is 22.6 Å². The number of rotatable bonds is 4. The molecule has 0 spiro atoms. The lowest BCUT2D eigenvalue weighted by atomic mass is 9.87. The zero-order valence-corrected chi connectivity index (χ0v) is 28.1. The van der Waals surface area contributed by atoms with Crippen molar-refractivity contribution in [3.63, 3.8) is 0 Å². The van der Waals surface area contributed by atoms with Crippen LogP contribution in [-0.2, 0) is 9.59 Å². The highest BCUT2D eigenvalue weighted by Gasteiger charge is 2.38. The van der Waals surface area contributed by atoms with E-state index in [9.17, 15) is 19.8 Å². The van der Waals surface area contributed by atoms with Crippen LogP contribution >= 0.6 is 11.8 Å². The van der Waals surface area contributed by atoms with Crippen LogP contribution < -0.4 is 14.5 Å². The van der Waals surface area contributed by atoms with E-state index in [0.717, 1.165) is 54.4 Å². The van der Waals surface area contributed by atoms with Crippen molar-refractivity contribution < 1.29 is 33.4 Å². The van der Waals surface area contributed by atoms with E-state index in [2.05, 4.69) is 0 Å². The Morgan fingerprint density at radius 1 is 0.680 bits per heavy atom. The maximum Gasteiger partial charge on any atom is 0.201 e. The van der Waals surface area contributed by atoms with E-state index in [-0.39, 0.29) is 45.4 Å². The van der Waals surface area contributed by atoms with Crippen molar-refractivity contribution in [3.05, 3.63) is 140 Å². The highest BCUT2D eigenvalue weighted by molar-refractivity contribution is 8.03. The Kier molecular flexibility index (Phi) is 6.40. The van der Waals surface area contributed by atoms with Gasteiger partial charge in [0.25, 0.3) is 0 Å². The van der Waals surface area contributed by atoms with Crippen LogP contribution in [0.4, 0.5) is 11.4 Å². The highest BCUT2D eigenvalue weighted by atomic mass is 32.2. The number of ether oxygens (including phenoxy) is 1. The third kappa shape index (κ3) is 4.28. The van der Waals surface area contributed by atoms with Crippen LogP contribution in [0.2, 0.25) is 0 Å². The summed E-state index contributed by atoms with van der Waals surface area (Å²) < 4.78 is 18.0. The van der Waals surface area contributed by atoms with E-state index >= 15 is 0 Å². The lowest BCUT2D eigenvalue weighted by molar-refractivity contribution is -0.114. The van der Waals surface area contributed by atoms with Crippen molar-refractivity contribution in [3.8, 4) is 5.75 Å². The Bertz CT molecular complexity index is 2430. The Morgan fingerprint density at radius 3 is 1.76 bits per heavy atom. The molecule has 0 amide bonds. The summed E-state index contributed by atoms with van der Waals surface area (Å²) in [6, 6.07) is 19.2. The second kappa shape index (κ2) is 10.7. The molecular formula is C40H28N2O7S. The largest absolute Gasteiger partial charge is 0.506 e. The van der Waals surface area contributed by atoms with Gasteiger partial charge in [-0.05, 0) is 50.3 Å². The third-order valence-electron chi connectivity index (χ3n) is 9.70. The number of nitrogens with zero attached hydrogens (tertiary/aromatic N) is 2. The molecular weight excluding hydrogens is 653 g/mol. The second-order valence-electron chi connectivity index (χ2n) is 12.5. The van der Waals surface area contributed by atoms with E-state index < -0.39 is 0 Å². The summed E-state index contributed by atoms with van der Waals surface area (Å²) in [5, 5.41) is 24.4. The number of anilines is 2. The van der Waals surface area contributed by atoms with Crippen molar-refractivity contribution in [2.75, 3.05) is 23.9 Å². The minimum atomic E-state index is -0.302. The molecule has 2 aliphatic carbocycles. The first kappa shape index (κ1) is 30.0. The van der Waals surface area contributed by atoms with Crippen LogP contribution in [0.25, 0.3) is 34.1 Å². The van der Waals surface area contributed by atoms with Crippen LogP contribution in [0.15, 0.2) is 131 Å². The zero-order valence-electron chi connectivity index (χ0n) is 27.3. The molecule has 2 aromatic heterocycles. The molecule has 0 bridgehead atoms. The minimum absolute atomic E-state index is 0.0681. The van der Waals surface area contributed by atoms with Gasteiger partial charge in [0.1, 0.15) is 34.2 Å². The summed E-state index contributed by atoms with van der Waals surface area (Å²) >= 11 is 1.47. The summed E-state index contributed by atoms with van der Waals surface area (Å²) in [5.74, 6) is 1.32. The van der Waals surface area contributed by atoms with E-state index in [1.54, 1.807) is 24.3 Å². The lowest BCUT2D eigenvalue weighted by Gasteiger charge is -2.20. The predicted octanol–water partition coefficient (Wildman–Crippen LogP) is 8.81. The number of fused-ring (bicyclic) bond motifs is 4. The molecule has 2 N–H and O–H groups in total. The fraction of sp³-hybridized carbons (Fsp3) is 0.100. The summed E-state index contributed by atoms with van der Waals surface area (Å²) in [5.41, 5.74) is 5.69. The zero-order chi connectivity index (χ0) is 34.6. The molecule has 50 heavy (non-hydrogen) atoms. The van der Waals surface area contributed by atoms with Gasteiger partial charge in [-0.2, -0.15) is 0 Å². The van der Waals surface area contributed by atoms with Gasteiger partial charge in [-0.25, -0.2) is 0 Å². The number of Topliss-reactive ketones (excluding diaryl/α,β-unsaturated/α-hetero) is 2. The molecule has 5 aromatic rings. The van der Waals surface area contributed by atoms with Gasteiger partial charge in [0.15, 0.2) is 5.75 Å². The van der Waals surface area contributed by atoms with Crippen LogP contribution in [0, 0.1) is 13.8 Å². The molecule has 4 aliphatic rings. The first-order valence-electron chi connectivity index (χ1n) is 15.9. The monoisotopic (exact) mass is 680 g/mol. The normalized spacial score (nSPS) is 20.2. The molecule has 9 nitrogen and oxygen atoms in total. The lowest BCUT2D eigenvalue weighted by Crippen LogP contribution is -2.23. The van der Waals surface area contributed by atoms with Crippen LogP contribution in [0.3, 0.4) is 0 Å². The number of para-hydroxylation sites is 2. The van der Waals surface area contributed by atoms with Gasteiger partial charge in [-0.15, -0.1) is 0 Å². The van der Waals surface area contributed by atoms with Gasteiger partial charge in [-0.3, -0.25) is 9.59 Å². The highest BCUT2D eigenvalue weighted by Crippen LogP contribution is 2.53. The third-order valence-corrected chi connectivity index (χ3v) is 10.8. The van der Waals surface area contributed by atoms with Crippen molar-refractivity contribution in [2.24, 2.45) is 0 Å². The first-order valence-corrected chi connectivity index (χ1v) is 16.7. The number of benzene rings is 3. The van der Waals surface area contributed by atoms with Crippen molar-refractivity contribution in [2.45, 2.75) is 18.7 Å². The number of aryl methyl sites for hydroxylation is 2. The van der Waals surface area contributed by atoms with Gasteiger partial charge in [0.2, 0.25) is 17.4 Å². The molecule has 0 atom stereocenters.